The van der Waals surface area contributed by atoms with Gasteiger partial charge in [0.05, 0.1) is 5.92 Å². The van der Waals surface area contributed by atoms with Crippen molar-refractivity contribution >= 4 is 5.97 Å². The molecule has 0 heterocycles. The highest BCUT2D eigenvalue weighted by Gasteiger charge is 2.73. The monoisotopic (exact) mass is 152 g/mol. The minimum absolute atomic E-state index is 0.0417. The van der Waals surface area contributed by atoms with E-state index in [9.17, 15) is 4.79 Å². The van der Waals surface area contributed by atoms with E-state index in [-0.39, 0.29) is 5.92 Å². The highest BCUT2D eigenvalue weighted by atomic mass is 16.4. The highest BCUT2D eigenvalue weighted by Crippen LogP contribution is 2.75. The van der Waals surface area contributed by atoms with Crippen LogP contribution in [0.15, 0.2) is 0 Å². The molecule has 2 nitrogen and oxygen atoms in total. The molecule has 0 spiro atoms. The zero-order valence-electron chi connectivity index (χ0n) is 6.53. The van der Waals surface area contributed by atoms with Crippen molar-refractivity contribution in [3.8, 4) is 0 Å². The second kappa shape index (κ2) is 1.47. The van der Waals surface area contributed by atoms with Crippen molar-refractivity contribution in [2.24, 2.45) is 35.5 Å². The summed E-state index contributed by atoms with van der Waals surface area (Å²) >= 11 is 0. The summed E-state index contributed by atoms with van der Waals surface area (Å²) in [6.07, 6.45) is 1.22. The van der Waals surface area contributed by atoms with Gasteiger partial charge in [0.2, 0.25) is 0 Å². The molecule has 4 aliphatic rings. The largest absolute Gasteiger partial charge is 0.481 e. The molecule has 60 valence electrons. The summed E-state index contributed by atoms with van der Waals surface area (Å²) in [5, 5.41) is 8.93. The van der Waals surface area contributed by atoms with Crippen LogP contribution >= 0.6 is 0 Å². The molecular formula is C9H12O2. The van der Waals surface area contributed by atoms with E-state index in [4.69, 9.17) is 5.11 Å². The van der Waals surface area contributed by atoms with E-state index in [1.165, 1.54) is 6.42 Å². The first kappa shape index (κ1) is 6.04. The Labute approximate surface area is 65.6 Å². The average Bonchev–Trinajstić information content (AvgIpc) is 2.33. The van der Waals surface area contributed by atoms with Crippen molar-refractivity contribution in [2.45, 2.75) is 13.3 Å². The van der Waals surface area contributed by atoms with Crippen LogP contribution < -0.4 is 0 Å². The number of aliphatic carboxylic acids is 1. The van der Waals surface area contributed by atoms with Gasteiger partial charge in [0.25, 0.3) is 0 Å². The van der Waals surface area contributed by atoms with E-state index in [0.717, 1.165) is 11.8 Å². The molecule has 4 bridgehead atoms. The van der Waals surface area contributed by atoms with Gasteiger partial charge in [-0.05, 0) is 36.0 Å². The molecule has 0 radical (unpaired) electrons. The third-order valence-corrected chi connectivity index (χ3v) is 4.28. The lowest BCUT2D eigenvalue weighted by Gasteiger charge is -2.12. The molecular weight excluding hydrogens is 140 g/mol. The molecule has 1 N–H and O–H groups in total. The Morgan fingerprint density at radius 1 is 1.36 bits per heavy atom. The van der Waals surface area contributed by atoms with Crippen LogP contribution in [0.3, 0.4) is 0 Å². The van der Waals surface area contributed by atoms with Crippen LogP contribution in [0.1, 0.15) is 13.3 Å². The van der Waals surface area contributed by atoms with Gasteiger partial charge in [-0.2, -0.15) is 0 Å². The maximum Gasteiger partial charge on any atom is 0.307 e. The molecule has 4 fully saturated rings. The standard InChI is InChI=1S/C9H12O2/c1-3-4-2-5-6(3)7(5)8(4)9(10)11/h3-8H,2H2,1H3,(H,10,11)/t3-,4?,5?,6-,7?,8?/m1/s1. The summed E-state index contributed by atoms with van der Waals surface area (Å²) in [5.41, 5.74) is 0. The van der Waals surface area contributed by atoms with Gasteiger partial charge in [0, 0.05) is 0 Å². The zero-order valence-corrected chi connectivity index (χ0v) is 6.53. The van der Waals surface area contributed by atoms with E-state index in [1.54, 1.807) is 0 Å². The topological polar surface area (TPSA) is 37.3 Å². The van der Waals surface area contributed by atoms with Crippen molar-refractivity contribution < 1.29 is 9.90 Å². The second-order valence-electron chi connectivity index (χ2n) is 4.44. The number of hydrogen-bond donors (Lipinski definition) is 1. The normalized spacial score (nSPS) is 63.4. The Morgan fingerprint density at radius 3 is 2.27 bits per heavy atom. The fraction of sp³-hybridized carbons (Fsp3) is 0.889. The number of carboxylic acid groups (broad SMARTS) is 1. The van der Waals surface area contributed by atoms with E-state index >= 15 is 0 Å². The van der Waals surface area contributed by atoms with Gasteiger partial charge in [-0.25, -0.2) is 0 Å². The third-order valence-electron chi connectivity index (χ3n) is 4.28. The molecule has 11 heavy (non-hydrogen) atoms. The summed E-state index contributed by atoms with van der Waals surface area (Å²) in [5.74, 6) is 2.97. The molecule has 0 aliphatic heterocycles. The zero-order chi connectivity index (χ0) is 7.75. The predicted molar refractivity (Wildman–Crippen MR) is 38.9 cm³/mol. The first-order valence-corrected chi connectivity index (χ1v) is 4.44. The predicted octanol–water partition coefficient (Wildman–Crippen LogP) is 1.22. The molecule has 4 unspecified atom stereocenters. The number of carboxylic acids is 1. The first-order chi connectivity index (χ1) is 5.22. The summed E-state index contributed by atoms with van der Waals surface area (Å²) in [6, 6.07) is 0. The van der Waals surface area contributed by atoms with Gasteiger partial charge < -0.3 is 5.11 Å². The fourth-order valence-corrected chi connectivity index (χ4v) is 3.91. The molecule has 6 atom stereocenters. The van der Waals surface area contributed by atoms with Crippen LogP contribution in [0.5, 0.6) is 0 Å². The molecule has 0 aromatic heterocycles. The minimum Gasteiger partial charge on any atom is -0.481 e. The first-order valence-electron chi connectivity index (χ1n) is 4.44. The highest BCUT2D eigenvalue weighted by molar-refractivity contribution is 5.73. The third kappa shape index (κ3) is 0.472. The van der Waals surface area contributed by atoms with Gasteiger partial charge >= 0.3 is 5.97 Å². The number of carbonyl (C=O) groups is 1. The summed E-state index contributed by atoms with van der Waals surface area (Å²) in [7, 11) is 0. The van der Waals surface area contributed by atoms with Crippen LogP contribution in [0.2, 0.25) is 0 Å². The number of hydrogen-bond acceptors (Lipinski definition) is 1. The van der Waals surface area contributed by atoms with Crippen LogP contribution in [0.4, 0.5) is 0 Å². The molecule has 0 aromatic rings. The molecule has 0 amide bonds. The maximum absolute atomic E-state index is 10.8. The Bertz CT molecular complexity index is 236. The van der Waals surface area contributed by atoms with E-state index < -0.39 is 5.97 Å². The SMILES string of the molecule is C[C@@H]1C2CC3C(C2C(=O)O)[C@@H]31. The van der Waals surface area contributed by atoms with Gasteiger partial charge in [0.1, 0.15) is 0 Å². The van der Waals surface area contributed by atoms with Gasteiger partial charge in [-0.15, -0.1) is 0 Å². The van der Waals surface area contributed by atoms with Gasteiger partial charge in [0.15, 0.2) is 0 Å². The fourth-order valence-electron chi connectivity index (χ4n) is 3.91. The van der Waals surface area contributed by atoms with Crippen LogP contribution in [-0.2, 0) is 4.79 Å². The molecule has 0 saturated heterocycles. The Kier molecular flexibility index (Phi) is 0.809. The lowest BCUT2D eigenvalue weighted by molar-refractivity contribution is -0.143. The quantitative estimate of drug-likeness (QED) is 0.613. The summed E-state index contributed by atoms with van der Waals surface area (Å²) in [4.78, 5) is 10.8. The van der Waals surface area contributed by atoms with Crippen LogP contribution in [0, 0.1) is 35.5 Å². The molecule has 0 aromatic carbocycles. The Balaban J connectivity index is 1.97. The van der Waals surface area contributed by atoms with E-state index in [1.807, 2.05) is 0 Å². The molecule has 4 saturated carbocycles. The molecule has 2 heteroatoms. The van der Waals surface area contributed by atoms with Gasteiger partial charge in [-0.1, -0.05) is 6.92 Å². The molecule has 4 aliphatic carbocycles. The Morgan fingerprint density at radius 2 is 2.09 bits per heavy atom. The van der Waals surface area contributed by atoms with Crippen LogP contribution in [-0.4, -0.2) is 11.1 Å². The van der Waals surface area contributed by atoms with Crippen molar-refractivity contribution in [3.63, 3.8) is 0 Å². The average molecular weight is 152 g/mol. The van der Waals surface area contributed by atoms with Crippen molar-refractivity contribution in [3.05, 3.63) is 0 Å². The summed E-state index contributed by atoms with van der Waals surface area (Å²) in [6.45, 7) is 2.23. The minimum atomic E-state index is -0.533. The number of rotatable bonds is 1. The maximum atomic E-state index is 10.8. The second-order valence-corrected chi connectivity index (χ2v) is 4.44. The van der Waals surface area contributed by atoms with Crippen LogP contribution in [0.25, 0.3) is 0 Å². The van der Waals surface area contributed by atoms with Crippen molar-refractivity contribution in [1.82, 2.24) is 0 Å². The smallest absolute Gasteiger partial charge is 0.307 e. The van der Waals surface area contributed by atoms with Gasteiger partial charge in [-0.3, -0.25) is 4.79 Å². The molecule has 4 rings (SSSR count). The van der Waals surface area contributed by atoms with E-state index in [0.29, 0.717) is 17.8 Å². The lowest BCUT2D eigenvalue weighted by atomic mass is 9.93. The van der Waals surface area contributed by atoms with Crippen molar-refractivity contribution in [1.29, 1.82) is 0 Å². The Hall–Kier alpha value is -0.530. The van der Waals surface area contributed by atoms with Crippen molar-refractivity contribution in [2.75, 3.05) is 0 Å². The van der Waals surface area contributed by atoms with E-state index in [2.05, 4.69) is 6.92 Å². The summed E-state index contributed by atoms with van der Waals surface area (Å²) < 4.78 is 0. The lowest BCUT2D eigenvalue weighted by Crippen LogP contribution is -2.19.